The molecular weight excluding hydrogens is 306 g/mol. The number of thioether (sulfide) groups is 1. The van der Waals surface area contributed by atoms with E-state index in [4.69, 9.17) is 0 Å². The van der Waals surface area contributed by atoms with Gasteiger partial charge in [0.2, 0.25) is 0 Å². The van der Waals surface area contributed by atoms with E-state index < -0.39 is 0 Å². The van der Waals surface area contributed by atoms with Gasteiger partial charge in [-0.25, -0.2) is 0 Å². The Morgan fingerprint density at radius 1 is 1.33 bits per heavy atom. The van der Waals surface area contributed by atoms with Crippen LogP contribution in [0.25, 0.3) is 0 Å². The summed E-state index contributed by atoms with van der Waals surface area (Å²) in [6.07, 6.45) is 5.86. The van der Waals surface area contributed by atoms with Crippen molar-refractivity contribution in [2.45, 2.75) is 26.2 Å². The van der Waals surface area contributed by atoms with Crippen molar-refractivity contribution >= 4 is 27.7 Å². The van der Waals surface area contributed by atoms with E-state index in [2.05, 4.69) is 58.7 Å². The van der Waals surface area contributed by atoms with Crippen molar-refractivity contribution in [2.75, 3.05) is 25.1 Å². The second-order valence-corrected chi connectivity index (χ2v) is 6.49. The number of hydrogen-bond acceptors (Lipinski definition) is 2. The monoisotopic (exact) mass is 329 g/mol. The number of benzene rings is 1. The molecule has 1 nitrogen and oxygen atoms in total. The van der Waals surface area contributed by atoms with Crippen LogP contribution in [0.3, 0.4) is 0 Å². The third-order valence-electron chi connectivity index (χ3n) is 3.06. The van der Waals surface area contributed by atoms with Gasteiger partial charge in [0, 0.05) is 4.47 Å². The molecule has 1 atom stereocenters. The van der Waals surface area contributed by atoms with E-state index in [1.54, 1.807) is 0 Å². The summed E-state index contributed by atoms with van der Waals surface area (Å²) in [6, 6.07) is 8.58. The van der Waals surface area contributed by atoms with Gasteiger partial charge < -0.3 is 5.32 Å². The molecule has 0 bridgehead atoms. The van der Waals surface area contributed by atoms with Gasteiger partial charge in [-0.1, -0.05) is 41.1 Å². The lowest BCUT2D eigenvalue weighted by Gasteiger charge is -2.18. The standard InChI is InChI=1S/C15H24BrNS/c1-3-9-17-12-13(8-10-18-2)11-14-6-4-5-7-15(14)16/h4-7,13,17H,3,8-12H2,1-2H3. The Morgan fingerprint density at radius 3 is 2.78 bits per heavy atom. The lowest BCUT2D eigenvalue weighted by Crippen LogP contribution is -2.25. The van der Waals surface area contributed by atoms with E-state index in [1.165, 1.54) is 35.1 Å². The normalized spacial score (nSPS) is 12.6. The second-order valence-electron chi connectivity index (χ2n) is 4.65. The molecule has 0 heterocycles. The highest BCUT2D eigenvalue weighted by Crippen LogP contribution is 2.21. The van der Waals surface area contributed by atoms with Crippen molar-refractivity contribution in [3.05, 3.63) is 34.3 Å². The first kappa shape index (κ1) is 16.1. The van der Waals surface area contributed by atoms with E-state index in [9.17, 15) is 0 Å². The quantitative estimate of drug-likeness (QED) is 0.675. The van der Waals surface area contributed by atoms with Crippen molar-refractivity contribution in [1.29, 1.82) is 0 Å². The van der Waals surface area contributed by atoms with Gasteiger partial charge in [0.15, 0.2) is 0 Å². The predicted molar refractivity (Wildman–Crippen MR) is 87.5 cm³/mol. The van der Waals surface area contributed by atoms with Crippen LogP contribution >= 0.6 is 27.7 Å². The summed E-state index contributed by atoms with van der Waals surface area (Å²) in [5.41, 5.74) is 1.43. The largest absolute Gasteiger partial charge is 0.316 e. The van der Waals surface area contributed by atoms with E-state index >= 15 is 0 Å². The summed E-state index contributed by atoms with van der Waals surface area (Å²) < 4.78 is 1.25. The smallest absolute Gasteiger partial charge is 0.0207 e. The van der Waals surface area contributed by atoms with Crippen LogP contribution in [0.5, 0.6) is 0 Å². The Labute approximate surface area is 124 Å². The van der Waals surface area contributed by atoms with Crippen molar-refractivity contribution in [3.63, 3.8) is 0 Å². The van der Waals surface area contributed by atoms with Crippen molar-refractivity contribution < 1.29 is 0 Å². The van der Waals surface area contributed by atoms with Crippen LogP contribution in [0.1, 0.15) is 25.3 Å². The van der Waals surface area contributed by atoms with E-state index in [1.807, 2.05) is 11.8 Å². The van der Waals surface area contributed by atoms with Crippen LogP contribution in [-0.2, 0) is 6.42 Å². The highest BCUT2D eigenvalue weighted by molar-refractivity contribution is 9.10. The van der Waals surface area contributed by atoms with Crippen LogP contribution < -0.4 is 5.32 Å². The maximum atomic E-state index is 3.65. The number of hydrogen-bond donors (Lipinski definition) is 1. The third kappa shape index (κ3) is 6.26. The van der Waals surface area contributed by atoms with Gasteiger partial charge in [-0.05, 0) is 61.9 Å². The minimum absolute atomic E-state index is 0.739. The Hall–Kier alpha value is 0.01000. The molecule has 0 aliphatic carbocycles. The van der Waals surface area contributed by atoms with Crippen molar-refractivity contribution in [3.8, 4) is 0 Å². The van der Waals surface area contributed by atoms with Gasteiger partial charge in [0.1, 0.15) is 0 Å². The topological polar surface area (TPSA) is 12.0 Å². The SMILES string of the molecule is CCCNCC(CCSC)Cc1ccccc1Br. The van der Waals surface area contributed by atoms with Crippen LogP contribution in [0.15, 0.2) is 28.7 Å². The summed E-state index contributed by atoms with van der Waals surface area (Å²) in [5.74, 6) is 1.99. The Balaban J connectivity index is 2.51. The van der Waals surface area contributed by atoms with Crippen LogP contribution in [0.4, 0.5) is 0 Å². The molecular formula is C15H24BrNS. The van der Waals surface area contributed by atoms with Gasteiger partial charge in [0.05, 0.1) is 0 Å². The minimum Gasteiger partial charge on any atom is -0.316 e. The van der Waals surface area contributed by atoms with Gasteiger partial charge in [-0.2, -0.15) is 11.8 Å². The summed E-state index contributed by atoms with van der Waals surface area (Å²) in [7, 11) is 0. The summed E-state index contributed by atoms with van der Waals surface area (Å²) in [6.45, 7) is 4.49. The fraction of sp³-hybridized carbons (Fsp3) is 0.600. The molecule has 0 saturated carbocycles. The molecule has 0 amide bonds. The fourth-order valence-electron chi connectivity index (χ4n) is 2.02. The van der Waals surface area contributed by atoms with Crippen molar-refractivity contribution in [1.82, 2.24) is 5.32 Å². The number of halogens is 1. The molecule has 3 heteroatoms. The minimum atomic E-state index is 0.739. The molecule has 0 radical (unpaired) electrons. The average molecular weight is 330 g/mol. The van der Waals surface area contributed by atoms with Gasteiger partial charge in [0.25, 0.3) is 0 Å². The molecule has 18 heavy (non-hydrogen) atoms. The lowest BCUT2D eigenvalue weighted by molar-refractivity contribution is 0.463. The first-order valence-electron chi connectivity index (χ1n) is 6.71. The molecule has 0 spiro atoms. The molecule has 1 aromatic carbocycles. The zero-order valence-electron chi connectivity index (χ0n) is 11.4. The van der Waals surface area contributed by atoms with Crippen LogP contribution in [-0.4, -0.2) is 25.1 Å². The van der Waals surface area contributed by atoms with Gasteiger partial charge in [-0.3, -0.25) is 0 Å². The molecule has 1 rings (SSSR count). The maximum Gasteiger partial charge on any atom is 0.0207 e. The first-order valence-corrected chi connectivity index (χ1v) is 8.89. The van der Waals surface area contributed by atoms with E-state index in [0.29, 0.717) is 0 Å². The molecule has 102 valence electrons. The van der Waals surface area contributed by atoms with Crippen molar-refractivity contribution in [2.24, 2.45) is 5.92 Å². The molecule has 1 aromatic rings. The molecule has 0 aromatic heterocycles. The second kappa shape index (κ2) is 9.88. The maximum absolute atomic E-state index is 3.65. The highest BCUT2D eigenvalue weighted by Gasteiger charge is 2.10. The number of nitrogens with one attached hydrogen (secondary N) is 1. The lowest BCUT2D eigenvalue weighted by atomic mass is 9.97. The fourth-order valence-corrected chi connectivity index (χ4v) is 3.03. The molecule has 0 aliphatic rings. The summed E-state index contributed by atoms with van der Waals surface area (Å²) >= 11 is 5.59. The Kier molecular flexibility index (Phi) is 8.82. The molecule has 0 saturated heterocycles. The molecule has 1 unspecified atom stereocenters. The average Bonchev–Trinajstić information content (AvgIpc) is 2.38. The van der Waals surface area contributed by atoms with Gasteiger partial charge in [-0.15, -0.1) is 0 Å². The Bertz CT molecular complexity index is 330. The predicted octanol–water partition coefficient (Wildman–Crippen LogP) is 4.36. The van der Waals surface area contributed by atoms with Gasteiger partial charge >= 0.3 is 0 Å². The highest BCUT2D eigenvalue weighted by atomic mass is 79.9. The zero-order chi connectivity index (χ0) is 13.2. The molecule has 0 fully saturated rings. The molecule has 1 N–H and O–H groups in total. The molecule has 0 aliphatic heterocycles. The zero-order valence-corrected chi connectivity index (χ0v) is 13.8. The number of rotatable bonds is 9. The first-order chi connectivity index (χ1) is 8.77. The van der Waals surface area contributed by atoms with E-state index in [0.717, 1.165) is 19.0 Å². The third-order valence-corrected chi connectivity index (χ3v) is 4.47. The summed E-state index contributed by atoms with van der Waals surface area (Å²) in [5, 5.41) is 3.56. The summed E-state index contributed by atoms with van der Waals surface area (Å²) in [4.78, 5) is 0. The van der Waals surface area contributed by atoms with Crippen LogP contribution in [0, 0.1) is 5.92 Å². The van der Waals surface area contributed by atoms with Crippen LogP contribution in [0.2, 0.25) is 0 Å². The van der Waals surface area contributed by atoms with E-state index in [-0.39, 0.29) is 0 Å². The Morgan fingerprint density at radius 2 is 2.11 bits per heavy atom.